The molecule has 0 atom stereocenters. The van der Waals surface area contributed by atoms with Crippen LogP contribution >= 0.6 is 0 Å². The molecule has 0 aromatic heterocycles. The Labute approximate surface area is 383 Å². The predicted octanol–water partition coefficient (Wildman–Crippen LogP) is 15.7. The molecule has 0 N–H and O–H groups in total. The first kappa shape index (κ1) is 39.7. The minimum atomic E-state index is -0.0974. The third-order valence-corrected chi connectivity index (χ3v) is 13.6. The molecular weight excluding hydrogens is 781 g/mol. The van der Waals surface area contributed by atoms with Crippen LogP contribution in [0, 0.1) is 23.7 Å². The van der Waals surface area contributed by atoms with Gasteiger partial charge in [-0.3, -0.25) is 0 Å². The van der Waals surface area contributed by atoms with Crippen LogP contribution in [0.25, 0.3) is 58.7 Å². The van der Waals surface area contributed by atoms with Crippen molar-refractivity contribution in [2.24, 2.45) is 0 Å². The van der Waals surface area contributed by atoms with Crippen LogP contribution in [0.3, 0.4) is 0 Å². The van der Waals surface area contributed by atoms with Crippen LogP contribution in [-0.2, 0) is 5.41 Å². The summed E-state index contributed by atoms with van der Waals surface area (Å²) in [6, 6.07) is 65.5. The molecule has 0 radical (unpaired) electrons. The molecule has 3 aliphatic carbocycles. The predicted molar refractivity (Wildman–Crippen MR) is 276 cm³/mol. The maximum atomic E-state index is 3.52. The van der Waals surface area contributed by atoms with Gasteiger partial charge in [0.2, 0.25) is 0 Å². The third-order valence-electron chi connectivity index (χ3n) is 13.6. The van der Waals surface area contributed by atoms with Gasteiger partial charge in [0.05, 0.1) is 0 Å². The fourth-order valence-corrected chi connectivity index (χ4v) is 10.1. The summed E-state index contributed by atoms with van der Waals surface area (Å²) in [4.78, 5) is 0. The van der Waals surface area contributed by atoms with Gasteiger partial charge in [0.15, 0.2) is 0 Å². The van der Waals surface area contributed by atoms with Crippen LogP contribution in [0.5, 0.6) is 0 Å². The van der Waals surface area contributed by atoms with E-state index in [1.54, 1.807) is 0 Å². The second-order valence-corrected chi connectivity index (χ2v) is 17.2. The monoisotopic (exact) mass is 826 g/mol. The van der Waals surface area contributed by atoms with Crippen molar-refractivity contribution in [1.82, 2.24) is 0 Å². The number of fused-ring (bicyclic) bond motifs is 7. The van der Waals surface area contributed by atoms with Crippen molar-refractivity contribution in [2.45, 2.75) is 32.1 Å². The molecule has 0 saturated carbocycles. The summed E-state index contributed by atoms with van der Waals surface area (Å²) in [5.41, 5.74) is 24.0. The number of hydrogen-bond donors (Lipinski definition) is 0. The van der Waals surface area contributed by atoms with Crippen molar-refractivity contribution >= 4 is 47.6 Å². The Balaban J connectivity index is 0.838. The lowest BCUT2D eigenvalue weighted by molar-refractivity contribution is 0.490. The normalized spacial score (nSPS) is 13.2. The fraction of sp³-hybridized carbons (Fsp3) is 0.0769. The van der Waals surface area contributed by atoms with E-state index in [0.29, 0.717) is 0 Å². The summed E-state index contributed by atoms with van der Waals surface area (Å²) < 4.78 is 0. The number of rotatable bonds is 4. The Hall–Kier alpha value is -8.16. The molecule has 0 aliphatic heterocycles. The van der Waals surface area contributed by atoms with Gasteiger partial charge >= 0.3 is 0 Å². The molecule has 0 fully saturated rings. The summed E-state index contributed by atoms with van der Waals surface area (Å²) >= 11 is 0. The summed E-state index contributed by atoms with van der Waals surface area (Å²) in [7, 11) is 0. The first-order chi connectivity index (χ1) is 32.1. The molecule has 0 heterocycles. The minimum absolute atomic E-state index is 0.0974. The van der Waals surface area contributed by atoms with Crippen LogP contribution in [-0.4, -0.2) is 0 Å². The lowest BCUT2D eigenvalue weighted by atomic mass is 9.73. The molecule has 0 amide bonds. The number of benzene rings is 8. The first-order valence-electron chi connectivity index (χ1n) is 22.8. The maximum Gasteiger partial charge on any atom is 0.0252 e. The quantitative estimate of drug-likeness (QED) is 0.155. The van der Waals surface area contributed by atoms with Crippen molar-refractivity contribution in [3.63, 3.8) is 0 Å². The molecule has 0 saturated heterocycles. The van der Waals surface area contributed by atoms with E-state index in [2.05, 4.69) is 256 Å². The van der Waals surface area contributed by atoms with Crippen molar-refractivity contribution in [3.05, 3.63) is 271 Å². The molecule has 8 aromatic rings. The molecule has 11 rings (SSSR count). The van der Waals surface area contributed by atoms with Gasteiger partial charge in [-0.1, -0.05) is 195 Å². The van der Waals surface area contributed by atoms with Crippen molar-refractivity contribution in [1.29, 1.82) is 0 Å². The van der Waals surface area contributed by atoms with Crippen LogP contribution in [0.4, 0.5) is 0 Å². The molecule has 0 spiro atoms. The second-order valence-electron chi connectivity index (χ2n) is 17.2. The van der Waals surface area contributed by atoms with E-state index in [1.807, 2.05) is 0 Å². The highest BCUT2D eigenvalue weighted by Gasteiger charge is 2.40. The smallest absolute Gasteiger partial charge is 0.0252 e. The highest BCUT2D eigenvalue weighted by molar-refractivity contribution is 6.01. The second kappa shape index (κ2) is 16.8. The highest BCUT2D eigenvalue weighted by atomic mass is 14.4. The molecule has 8 aromatic carbocycles. The average molecular weight is 827 g/mol. The van der Waals surface area contributed by atoms with Crippen LogP contribution in [0.1, 0.15) is 116 Å². The summed E-state index contributed by atoms with van der Waals surface area (Å²) in [5.74, 6) is 14.0. The lowest BCUT2D eigenvalue weighted by Gasteiger charge is -2.29. The lowest BCUT2D eigenvalue weighted by Crippen LogP contribution is -2.23. The molecule has 0 bridgehead atoms. The van der Waals surface area contributed by atoms with E-state index in [1.165, 1.54) is 77.9 Å². The Morgan fingerprint density at radius 1 is 0.338 bits per heavy atom. The van der Waals surface area contributed by atoms with Gasteiger partial charge in [0.25, 0.3) is 0 Å². The fourth-order valence-electron chi connectivity index (χ4n) is 10.1. The molecular formula is C65H46. The minimum Gasteiger partial charge on any atom is -0.0642 e. The summed E-state index contributed by atoms with van der Waals surface area (Å²) in [6.45, 7) is 4.64. The average Bonchev–Trinajstić information content (AvgIpc) is 3.42. The van der Waals surface area contributed by atoms with E-state index in [-0.39, 0.29) is 5.41 Å². The maximum absolute atomic E-state index is 3.52. The van der Waals surface area contributed by atoms with Gasteiger partial charge < -0.3 is 0 Å². The zero-order valence-corrected chi connectivity index (χ0v) is 36.7. The van der Waals surface area contributed by atoms with Crippen molar-refractivity contribution < 1.29 is 0 Å². The molecule has 0 unspecified atom stereocenters. The molecule has 0 nitrogen and oxygen atoms in total. The Kier molecular flexibility index (Phi) is 10.3. The van der Waals surface area contributed by atoms with E-state index in [9.17, 15) is 0 Å². The van der Waals surface area contributed by atoms with Gasteiger partial charge in [-0.25, -0.2) is 0 Å². The third kappa shape index (κ3) is 7.41. The molecule has 65 heavy (non-hydrogen) atoms. The van der Waals surface area contributed by atoms with Gasteiger partial charge in [-0.15, -0.1) is 0 Å². The van der Waals surface area contributed by atoms with E-state index in [0.717, 1.165) is 46.2 Å². The molecule has 3 aliphatic rings. The zero-order chi connectivity index (χ0) is 43.7. The summed E-state index contributed by atoms with van der Waals surface area (Å²) in [6.07, 6.45) is 15.5. The van der Waals surface area contributed by atoms with Crippen LogP contribution in [0.15, 0.2) is 182 Å². The van der Waals surface area contributed by atoms with Gasteiger partial charge in [-0.2, -0.15) is 0 Å². The van der Waals surface area contributed by atoms with Gasteiger partial charge in [0.1, 0.15) is 0 Å². The van der Waals surface area contributed by atoms with Crippen molar-refractivity contribution in [3.8, 4) is 34.8 Å². The summed E-state index contributed by atoms with van der Waals surface area (Å²) in [5, 5.41) is 0. The standard InChI is InChI=1S/C65H46/c1-3-65(4-2)63-43-49(31-25-45-21-27-47(28-22-45)41-61-55-17-9-5-13-51(55)35-36-52-14-6-10-18-56(52)61)33-39-59(63)60-40-34-50(44-64(60)65)32-26-46-23-29-48(30-24-46)42-62-57-19-11-7-15-53(57)37-38-54-16-8-12-20-58(54)62/h5-24,27-30,33-44H,3-4H2,1-2H3. The Morgan fingerprint density at radius 3 is 0.985 bits per heavy atom. The van der Waals surface area contributed by atoms with Gasteiger partial charge in [-0.05, 0) is 163 Å². The SMILES string of the molecule is CCC1(CC)c2cc(C#Cc3ccc(C=C4c5ccccc5C=Cc5ccccc54)cc3)ccc2-c2ccc(C#Cc3ccc(C=C4c5ccccc5C=Cc5ccccc54)cc3)cc21. The molecule has 306 valence electrons. The van der Waals surface area contributed by atoms with E-state index >= 15 is 0 Å². The first-order valence-corrected chi connectivity index (χ1v) is 22.8. The Morgan fingerprint density at radius 2 is 0.646 bits per heavy atom. The number of hydrogen-bond acceptors (Lipinski definition) is 0. The topological polar surface area (TPSA) is 0 Å². The molecule has 0 heteroatoms. The van der Waals surface area contributed by atoms with Gasteiger partial charge in [0, 0.05) is 27.7 Å². The van der Waals surface area contributed by atoms with Crippen molar-refractivity contribution in [2.75, 3.05) is 0 Å². The zero-order valence-electron chi connectivity index (χ0n) is 36.7. The van der Waals surface area contributed by atoms with Crippen LogP contribution < -0.4 is 0 Å². The van der Waals surface area contributed by atoms with Crippen LogP contribution in [0.2, 0.25) is 0 Å². The Bertz CT molecular complexity index is 3090. The van der Waals surface area contributed by atoms with E-state index in [4.69, 9.17) is 0 Å². The van der Waals surface area contributed by atoms with E-state index < -0.39 is 0 Å². The highest BCUT2D eigenvalue weighted by Crippen LogP contribution is 2.53. The largest absolute Gasteiger partial charge is 0.0642 e.